The van der Waals surface area contributed by atoms with Gasteiger partial charge in [0.05, 0.1) is 0 Å². The van der Waals surface area contributed by atoms with E-state index >= 15 is 0 Å². The molecule has 6 nitrogen and oxygen atoms in total. The van der Waals surface area contributed by atoms with Crippen LogP contribution in [0.15, 0.2) is 0 Å². The summed E-state index contributed by atoms with van der Waals surface area (Å²) in [4.78, 5) is 25.6. The van der Waals surface area contributed by atoms with Crippen molar-refractivity contribution in [2.75, 3.05) is 0 Å². The molecule has 0 saturated carbocycles. The first-order valence-electron chi connectivity index (χ1n) is 0.730. The molecule has 0 saturated heterocycles. The molecule has 0 heterocycles. The summed E-state index contributed by atoms with van der Waals surface area (Å²) in [6, 6.07) is 0. The van der Waals surface area contributed by atoms with E-state index in [0.717, 1.165) is 0 Å². The summed E-state index contributed by atoms with van der Waals surface area (Å²) >= 11 is 0. The SMILES string of the molecule is O.O.O=P([O-])([O-])[O-].[Ca+2]. The molecule has 0 atom stereocenters. The molecular formula is H4CaO6P-. The predicted molar refractivity (Wildman–Crippen MR) is 20.6 cm³/mol. The van der Waals surface area contributed by atoms with Gasteiger partial charge in [0.25, 0.3) is 0 Å². The van der Waals surface area contributed by atoms with E-state index in [1.165, 1.54) is 0 Å². The maximum absolute atomic E-state index is 8.55. The average Bonchev–Trinajstić information content (AvgIpc) is 0.722. The third kappa shape index (κ3) is 173. The van der Waals surface area contributed by atoms with E-state index in [4.69, 9.17) is 19.2 Å². The van der Waals surface area contributed by atoms with Gasteiger partial charge in [-0.15, -0.1) is 0 Å². The normalized spacial score (nSPS) is 7.38. The molecule has 0 aromatic rings. The zero-order chi connectivity index (χ0) is 4.50. The summed E-state index contributed by atoms with van der Waals surface area (Å²) in [5.41, 5.74) is 0. The summed E-state index contributed by atoms with van der Waals surface area (Å²) in [6.45, 7) is 0. The molecule has 0 bridgehead atoms. The van der Waals surface area contributed by atoms with Crippen LogP contribution in [0.2, 0.25) is 0 Å². The van der Waals surface area contributed by atoms with E-state index in [-0.39, 0.29) is 48.7 Å². The van der Waals surface area contributed by atoms with Gasteiger partial charge < -0.3 is 30.2 Å². The second kappa shape index (κ2) is 8.29. The van der Waals surface area contributed by atoms with Crippen molar-refractivity contribution >= 4 is 45.6 Å². The molecule has 0 spiro atoms. The predicted octanol–water partition coefficient (Wildman–Crippen LogP) is -4.85. The van der Waals surface area contributed by atoms with Crippen molar-refractivity contribution in [2.45, 2.75) is 0 Å². The van der Waals surface area contributed by atoms with Gasteiger partial charge in [0, 0.05) is 0 Å². The summed E-state index contributed by atoms with van der Waals surface area (Å²) < 4.78 is 8.55. The molecule has 0 fully saturated rings. The molecule has 0 radical (unpaired) electrons. The Kier molecular flexibility index (Phi) is 23.6. The fourth-order valence-corrected chi connectivity index (χ4v) is 0. The smallest absolute Gasteiger partial charge is 0.822 e. The van der Waals surface area contributed by atoms with Crippen molar-refractivity contribution in [2.24, 2.45) is 0 Å². The maximum atomic E-state index is 8.55. The number of hydrogen-bond acceptors (Lipinski definition) is 4. The third-order valence-electron chi connectivity index (χ3n) is 0. The Bertz CT molecular complexity index is 54.7. The number of hydrogen-bond donors (Lipinski definition) is 0. The van der Waals surface area contributed by atoms with E-state index in [1.807, 2.05) is 0 Å². The third-order valence-corrected chi connectivity index (χ3v) is 0. The van der Waals surface area contributed by atoms with E-state index < -0.39 is 7.82 Å². The van der Waals surface area contributed by atoms with E-state index in [1.54, 1.807) is 0 Å². The van der Waals surface area contributed by atoms with Gasteiger partial charge in [0.15, 0.2) is 0 Å². The van der Waals surface area contributed by atoms with Crippen LogP contribution in [0, 0.1) is 0 Å². The summed E-state index contributed by atoms with van der Waals surface area (Å²) in [6.07, 6.45) is 0. The fourth-order valence-electron chi connectivity index (χ4n) is 0. The molecule has 0 aliphatic carbocycles. The van der Waals surface area contributed by atoms with E-state index in [2.05, 4.69) is 0 Å². The minimum atomic E-state index is -5.39. The second-order valence-electron chi connectivity index (χ2n) is 0.447. The van der Waals surface area contributed by atoms with Crippen LogP contribution in [0.1, 0.15) is 0 Å². The molecule has 0 aromatic heterocycles. The molecule has 4 N–H and O–H groups in total. The van der Waals surface area contributed by atoms with E-state index in [0.29, 0.717) is 0 Å². The summed E-state index contributed by atoms with van der Waals surface area (Å²) in [5, 5.41) is 0. The molecule has 0 unspecified atom stereocenters. The molecule has 0 amide bonds. The number of rotatable bonds is 0. The van der Waals surface area contributed by atoms with Gasteiger partial charge in [-0.1, -0.05) is 0 Å². The zero-order valence-corrected chi connectivity index (χ0v) is 6.89. The van der Waals surface area contributed by atoms with Crippen molar-refractivity contribution in [3.05, 3.63) is 0 Å². The van der Waals surface area contributed by atoms with Gasteiger partial charge >= 0.3 is 37.7 Å². The van der Waals surface area contributed by atoms with Crippen molar-refractivity contribution in [3.63, 3.8) is 0 Å². The molecule has 8 heavy (non-hydrogen) atoms. The summed E-state index contributed by atoms with van der Waals surface area (Å²) in [7, 11) is -5.39. The largest absolute Gasteiger partial charge is 2.00 e. The number of phosphoric acid groups is 1. The van der Waals surface area contributed by atoms with Crippen LogP contribution in [0.3, 0.4) is 0 Å². The van der Waals surface area contributed by atoms with Crippen LogP contribution in [-0.2, 0) is 4.57 Å². The zero-order valence-electron chi connectivity index (χ0n) is 3.79. The van der Waals surface area contributed by atoms with Crippen LogP contribution in [-0.4, -0.2) is 48.7 Å². The van der Waals surface area contributed by atoms with Crippen LogP contribution in [0.5, 0.6) is 0 Å². The minimum absolute atomic E-state index is 0. The second-order valence-corrected chi connectivity index (χ2v) is 1.34. The first-order valence-corrected chi connectivity index (χ1v) is 2.19. The topological polar surface area (TPSA) is 149 Å². The Morgan fingerprint density at radius 3 is 1.00 bits per heavy atom. The standard InChI is InChI=1S/Ca.H3O4P.2H2O/c;1-5(2,3)4;;/h;(H3,1,2,3,4);2*1H2/q+2;;;/p-3. The monoisotopic (exact) mass is 171 g/mol. The van der Waals surface area contributed by atoms with Crippen LogP contribution >= 0.6 is 7.82 Å². The quantitative estimate of drug-likeness (QED) is 0.265. The first kappa shape index (κ1) is 22.8. The Balaban J connectivity index is -0.0000000267. The van der Waals surface area contributed by atoms with Gasteiger partial charge in [-0.2, -0.15) is 7.82 Å². The van der Waals surface area contributed by atoms with Gasteiger partial charge in [-0.25, -0.2) is 0 Å². The molecule has 48 valence electrons. The van der Waals surface area contributed by atoms with Gasteiger partial charge in [0.1, 0.15) is 0 Å². The fraction of sp³-hybridized carbons (Fsp3) is 0. The van der Waals surface area contributed by atoms with Crippen LogP contribution in [0.25, 0.3) is 0 Å². The van der Waals surface area contributed by atoms with Crippen LogP contribution < -0.4 is 14.7 Å². The minimum Gasteiger partial charge on any atom is -0.822 e. The van der Waals surface area contributed by atoms with Crippen molar-refractivity contribution in [1.29, 1.82) is 0 Å². The van der Waals surface area contributed by atoms with Gasteiger partial charge in [-0.05, 0) is 0 Å². The molecule has 0 aliphatic rings. The Morgan fingerprint density at radius 2 is 1.00 bits per heavy atom. The molecule has 0 rings (SSSR count). The summed E-state index contributed by atoms with van der Waals surface area (Å²) in [5.74, 6) is 0. The van der Waals surface area contributed by atoms with E-state index in [9.17, 15) is 0 Å². The van der Waals surface area contributed by atoms with Crippen LogP contribution in [0.4, 0.5) is 0 Å². The molecular weight excluding hydrogens is 167 g/mol. The molecule has 0 aromatic carbocycles. The van der Waals surface area contributed by atoms with Crippen molar-refractivity contribution in [3.8, 4) is 0 Å². The first-order chi connectivity index (χ1) is 2.00. The van der Waals surface area contributed by atoms with Gasteiger partial charge in [-0.3, -0.25) is 0 Å². The molecule has 0 aliphatic heterocycles. The van der Waals surface area contributed by atoms with Crippen molar-refractivity contribution < 1.29 is 30.2 Å². The Hall–Kier alpha value is 1.29. The molecule has 8 heteroatoms. The Morgan fingerprint density at radius 1 is 1.00 bits per heavy atom. The van der Waals surface area contributed by atoms with Crippen molar-refractivity contribution in [1.82, 2.24) is 0 Å². The van der Waals surface area contributed by atoms with Gasteiger partial charge in [0.2, 0.25) is 0 Å². The average molecular weight is 171 g/mol. The maximum Gasteiger partial charge on any atom is 2.00 e. The Labute approximate surface area is 75.4 Å².